The maximum atomic E-state index is 11.8. The van der Waals surface area contributed by atoms with Gasteiger partial charge in [-0.05, 0) is 31.4 Å². The van der Waals surface area contributed by atoms with Crippen molar-refractivity contribution in [3.05, 3.63) is 38.9 Å². The molecule has 0 N–H and O–H groups in total. The summed E-state index contributed by atoms with van der Waals surface area (Å²) in [5.41, 5.74) is 0.122. The van der Waals surface area contributed by atoms with Crippen LogP contribution in [0.3, 0.4) is 0 Å². The molecular formula is C19H26ClNO6. The fourth-order valence-corrected chi connectivity index (χ4v) is 2.60. The van der Waals surface area contributed by atoms with Gasteiger partial charge in [0.2, 0.25) is 0 Å². The molecule has 0 aliphatic rings. The molecule has 0 aromatic heterocycles. The molecule has 1 rings (SSSR count). The number of nitrogens with zero attached hydrogens (tertiary/aromatic N) is 1. The topological polar surface area (TPSA) is 95.7 Å². The second-order valence-electron chi connectivity index (χ2n) is 6.18. The third-order valence-electron chi connectivity index (χ3n) is 3.90. The van der Waals surface area contributed by atoms with Gasteiger partial charge in [-0.2, -0.15) is 0 Å². The standard InChI is InChI=1S/C19H26ClNO6/c1-2-3-7-12-26-18(22)8-5-4-6-9-19(23)27-14-15-13-16(20)10-11-17(15)21(24)25/h10-11,13H,2-9,12,14H2,1H3. The quantitative estimate of drug-likeness (QED) is 0.201. The van der Waals surface area contributed by atoms with E-state index in [1.165, 1.54) is 18.2 Å². The van der Waals surface area contributed by atoms with E-state index in [-0.39, 0.29) is 30.2 Å². The van der Waals surface area contributed by atoms with Crippen molar-refractivity contribution >= 4 is 29.2 Å². The van der Waals surface area contributed by atoms with Gasteiger partial charge in [0.15, 0.2) is 0 Å². The number of carbonyl (C=O) groups excluding carboxylic acids is 2. The number of esters is 2. The first-order chi connectivity index (χ1) is 12.9. The van der Waals surface area contributed by atoms with Gasteiger partial charge >= 0.3 is 11.9 Å². The number of benzene rings is 1. The molecule has 0 saturated carbocycles. The van der Waals surface area contributed by atoms with Crippen LogP contribution in [0.5, 0.6) is 0 Å². The smallest absolute Gasteiger partial charge is 0.306 e. The average molecular weight is 400 g/mol. The van der Waals surface area contributed by atoms with Crippen LogP contribution in [0, 0.1) is 10.1 Å². The number of ether oxygens (including phenoxy) is 2. The molecule has 0 aliphatic heterocycles. The van der Waals surface area contributed by atoms with Gasteiger partial charge in [0, 0.05) is 23.9 Å². The molecule has 27 heavy (non-hydrogen) atoms. The van der Waals surface area contributed by atoms with Gasteiger partial charge in [-0.15, -0.1) is 0 Å². The lowest BCUT2D eigenvalue weighted by atomic mass is 10.1. The molecule has 0 aliphatic carbocycles. The highest BCUT2D eigenvalue weighted by Crippen LogP contribution is 2.23. The first-order valence-electron chi connectivity index (χ1n) is 9.18. The highest BCUT2D eigenvalue weighted by molar-refractivity contribution is 6.30. The van der Waals surface area contributed by atoms with Crippen molar-refractivity contribution in [3.63, 3.8) is 0 Å². The van der Waals surface area contributed by atoms with E-state index >= 15 is 0 Å². The predicted molar refractivity (Wildman–Crippen MR) is 101 cm³/mol. The lowest BCUT2D eigenvalue weighted by molar-refractivity contribution is -0.385. The number of nitro benzene ring substituents is 1. The summed E-state index contributed by atoms with van der Waals surface area (Å²) in [7, 11) is 0. The average Bonchev–Trinajstić information content (AvgIpc) is 2.63. The first kappa shape index (κ1) is 22.9. The summed E-state index contributed by atoms with van der Waals surface area (Å²) in [6.45, 7) is 2.36. The summed E-state index contributed by atoms with van der Waals surface area (Å²) in [5.74, 6) is -0.645. The van der Waals surface area contributed by atoms with Crippen LogP contribution in [0.2, 0.25) is 5.02 Å². The lowest BCUT2D eigenvalue weighted by Gasteiger charge is -2.06. The number of hydrogen-bond acceptors (Lipinski definition) is 6. The summed E-state index contributed by atoms with van der Waals surface area (Å²) >= 11 is 5.83. The van der Waals surface area contributed by atoms with Crippen molar-refractivity contribution in [2.24, 2.45) is 0 Å². The molecule has 0 spiro atoms. The molecular weight excluding hydrogens is 374 g/mol. The highest BCUT2D eigenvalue weighted by Gasteiger charge is 2.15. The van der Waals surface area contributed by atoms with Crippen LogP contribution in [0.15, 0.2) is 18.2 Å². The Morgan fingerprint density at radius 2 is 1.70 bits per heavy atom. The molecule has 0 atom stereocenters. The van der Waals surface area contributed by atoms with Crippen LogP contribution in [0.4, 0.5) is 5.69 Å². The zero-order chi connectivity index (χ0) is 20.1. The Kier molecular flexibility index (Phi) is 11.1. The summed E-state index contributed by atoms with van der Waals surface area (Å²) in [6, 6.07) is 4.12. The van der Waals surface area contributed by atoms with E-state index in [2.05, 4.69) is 6.92 Å². The minimum Gasteiger partial charge on any atom is -0.466 e. The van der Waals surface area contributed by atoms with Crippen LogP contribution < -0.4 is 0 Å². The molecule has 0 fully saturated rings. The predicted octanol–water partition coefficient (Wildman–Crippen LogP) is 4.98. The Hall–Kier alpha value is -2.15. The van der Waals surface area contributed by atoms with Gasteiger partial charge in [-0.25, -0.2) is 0 Å². The summed E-state index contributed by atoms with van der Waals surface area (Å²) in [5, 5.41) is 11.3. The number of hydrogen-bond donors (Lipinski definition) is 0. The molecule has 1 aromatic rings. The molecule has 0 unspecified atom stereocenters. The van der Waals surface area contributed by atoms with Crippen LogP contribution in [-0.4, -0.2) is 23.5 Å². The minimum absolute atomic E-state index is 0.135. The van der Waals surface area contributed by atoms with Crippen molar-refractivity contribution < 1.29 is 24.0 Å². The molecule has 1 aromatic carbocycles. The Morgan fingerprint density at radius 1 is 1.04 bits per heavy atom. The maximum Gasteiger partial charge on any atom is 0.306 e. The fraction of sp³-hybridized carbons (Fsp3) is 0.579. The van der Waals surface area contributed by atoms with E-state index in [9.17, 15) is 19.7 Å². The normalized spacial score (nSPS) is 10.4. The van der Waals surface area contributed by atoms with E-state index in [0.717, 1.165) is 19.3 Å². The fourth-order valence-electron chi connectivity index (χ4n) is 2.40. The van der Waals surface area contributed by atoms with Gasteiger partial charge in [-0.3, -0.25) is 19.7 Å². The number of nitro groups is 1. The van der Waals surface area contributed by atoms with E-state index in [1.54, 1.807) is 0 Å². The van der Waals surface area contributed by atoms with Gasteiger partial charge < -0.3 is 9.47 Å². The monoisotopic (exact) mass is 399 g/mol. The van der Waals surface area contributed by atoms with Crippen molar-refractivity contribution in [3.8, 4) is 0 Å². The van der Waals surface area contributed by atoms with Crippen LogP contribution >= 0.6 is 11.6 Å². The summed E-state index contributed by atoms with van der Waals surface area (Å²) in [6.07, 6.45) is 5.50. The lowest BCUT2D eigenvalue weighted by Crippen LogP contribution is -2.07. The molecule has 7 nitrogen and oxygen atoms in total. The molecule has 8 heteroatoms. The number of unbranched alkanes of at least 4 members (excludes halogenated alkanes) is 4. The molecule has 0 amide bonds. The van der Waals surface area contributed by atoms with Crippen molar-refractivity contribution in [2.75, 3.05) is 6.61 Å². The van der Waals surface area contributed by atoms with Crippen molar-refractivity contribution in [1.82, 2.24) is 0 Å². The van der Waals surface area contributed by atoms with Gasteiger partial charge in [0.05, 0.1) is 17.1 Å². The van der Waals surface area contributed by atoms with Gasteiger partial charge in [0.25, 0.3) is 5.69 Å². The van der Waals surface area contributed by atoms with E-state index in [1.807, 2.05) is 0 Å². The Morgan fingerprint density at radius 3 is 2.33 bits per heavy atom. The van der Waals surface area contributed by atoms with Crippen LogP contribution in [-0.2, 0) is 25.7 Å². The second-order valence-corrected chi connectivity index (χ2v) is 6.62. The second kappa shape index (κ2) is 13.1. The number of carbonyl (C=O) groups is 2. The Bertz CT molecular complexity index is 635. The molecule has 0 saturated heterocycles. The van der Waals surface area contributed by atoms with Crippen molar-refractivity contribution in [1.29, 1.82) is 0 Å². The molecule has 0 radical (unpaired) electrons. The molecule has 150 valence electrons. The molecule has 0 bridgehead atoms. The SMILES string of the molecule is CCCCCOC(=O)CCCCCC(=O)OCc1cc(Cl)ccc1[N+](=O)[O-]. The third kappa shape index (κ3) is 9.94. The summed E-state index contributed by atoms with van der Waals surface area (Å²) in [4.78, 5) is 33.7. The minimum atomic E-state index is -0.541. The Balaban J connectivity index is 2.19. The van der Waals surface area contributed by atoms with E-state index in [4.69, 9.17) is 21.1 Å². The van der Waals surface area contributed by atoms with Gasteiger partial charge in [-0.1, -0.05) is 37.8 Å². The van der Waals surface area contributed by atoms with E-state index in [0.29, 0.717) is 37.3 Å². The van der Waals surface area contributed by atoms with Gasteiger partial charge in [0.1, 0.15) is 6.61 Å². The highest BCUT2D eigenvalue weighted by atomic mass is 35.5. The number of rotatable bonds is 13. The first-order valence-corrected chi connectivity index (χ1v) is 9.56. The zero-order valence-electron chi connectivity index (χ0n) is 15.6. The third-order valence-corrected chi connectivity index (χ3v) is 4.13. The maximum absolute atomic E-state index is 11.8. The van der Waals surface area contributed by atoms with Crippen LogP contribution in [0.25, 0.3) is 0 Å². The largest absolute Gasteiger partial charge is 0.466 e. The van der Waals surface area contributed by atoms with E-state index < -0.39 is 10.9 Å². The van der Waals surface area contributed by atoms with Crippen molar-refractivity contribution in [2.45, 2.75) is 64.9 Å². The Labute approximate surface area is 164 Å². The zero-order valence-corrected chi connectivity index (χ0v) is 16.3. The molecule has 0 heterocycles. The van der Waals surface area contributed by atoms with Crippen LogP contribution in [0.1, 0.15) is 63.9 Å². The number of halogens is 1. The summed E-state index contributed by atoms with van der Waals surface area (Å²) < 4.78 is 10.2.